The third kappa shape index (κ3) is 5.76. The summed E-state index contributed by atoms with van der Waals surface area (Å²) in [7, 11) is 0. The van der Waals surface area contributed by atoms with E-state index >= 15 is 0 Å². The van der Waals surface area contributed by atoms with E-state index < -0.39 is 0 Å². The molecule has 0 unspecified atom stereocenters. The minimum atomic E-state index is 0.141. The van der Waals surface area contributed by atoms with Gasteiger partial charge in [0.25, 0.3) is 0 Å². The normalized spacial score (nSPS) is 19.6. The average molecular weight is 233 g/mol. The van der Waals surface area contributed by atoms with Gasteiger partial charge in [0.15, 0.2) is 0 Å². The van der Waals surface area contributed by atoms with Crippen LogP contribution < -0.4 is 0 Å². The lowest BCUT2D eigenvalue weighted by Gasteiger charge is -2.31. The molecule has 0 atom stereocenters. The summed E-state index contributed by atoms with van der Waals surface area (Å²) in [5, 5.41) is 8.65. The first-order chi connectivity index (χ1) is 7.36. The van der Waals surface area contributed by atoms with Gasteiger partial charge in [-0.2, -0.15) is 12.6 Å². The van der Waals surface area contributed by atoms with Crippen LogP contribution in [0, 0.1) is 0 Å². The molecule has 3 nitrogen and oxygen atoms in total. The SMILES string of the molecule is OCCOC1CCN(CCCCS)CC1. The Bertz CT molecular complexity index is 150. The predicted molar refractivity (Wildman–Crippen MR) is 65.6 cm³/mol. The molecule has 90 valence electrons. The second-order valence-electron chi connectivity index (χ2n) is 4.07. The van der Waals surface area contributed by atoms with E-state index in [9.17, 15) is 0 Å². The lowest BCUT2D eigenvalue weighted by atomic mass is 10.1. The van der Waals surface area contributed by atoms with Gasteiger partial charge in [0.05, 0.1) is 19.3 Å². The van der Waals surface area contributed by atoms with E-state index in [0.717, 1.165) is 31.7 Å². The molecule has 1 aliphatic heterocycles. The molecule has 0 aromatic carbocycles. The molecular weight excluding hydrogens is 210 g/mol. The van der Waals surface area contributed by atoms with Gasteiger partial charge in [-0.25, -0.2) is 0 Å². The largest absolute Gasteiger partial charge is 0.394 e. The summed E-state index contributed by atoms with van der Waals surface area (Å²) in [6, 6.07) is 0. The van der Waals surface area contributed by atoms with Crippen LogP contribution in [0.1, 0.15) is 25.7 Å². The molecule has 0 aromatic heterocycles. The van der Waals surface area contributed by atoms with Crippen LogP contribution in [0.4, 0.5) is 0 Å². The highest BCUT2D eigenvalue weighted by atomic mass is 32.1. The number of ether oxygens (including phenoxy) is 1. The number of aliphatic hydroxyl groups is 1. The highest BCUT2D eigenvalue weighted by molar-refractivity contribution is 7.80. The monoisotopic (exact) mass is 233 g/mol. The molecule has 1 aliphatic rings. The Hall–Kier alpha value is 0.230. The van der Waals surface area contributed by atoms with E-state index in [1.54, 1.807) is 0 Å². The van der Waals surface area contributed by atoms with Gasteiger partial charge in [-0.3, -0.25) is 0 Å². The Kier molecular flexibility index (Phi) is 7.44. The Labute approximate surface area is 98.2 Å². The summed E-state index contributed by atoms with van der Waals surface area (Å²) >= 11 is 4.21. The third-order valence-corrected chi connectivity index (χ3v) is 3.18. The van der Waals surface area contributed by atoms with E-state index in [2.05, 4.69) is 17.5 Å². The van der Waals surface area contributed by atoms with Crippen molar-refractivity contribution in [2.75, 3.05) is 38.6 Å². The van der Waals surface area contributed by atoms with E-state index in [1.807, 2.05) is 0 Å². The van der Waals surface area contributed by atoms with Gasteiger partial charge in [-0.15, -0.1) is 0 Å². The first-order valence-corrected chi connectivity index (χ1v) is 6.55. The zero-order valence-corrected chi connectivity index (χ0v) is 10.3. The number of hydrogen-bond acceptors (Lipinski definition) is 4. The summed E-state index contributed by atoms with van der Waals surface area (Å²) < 4.78 is 5.52. The summed E-state index contributed by atoms with van der Waals surface area (Å²) in [5.41, 5.74) is 0. The van der Waals surface area contributed by atoms with Crippen molar-refractivity contribution < 1.29 is 9.84 Å². The summed E-state index contributed by atoms with van der Waals surface area (Å²) in [5.74, 6) is 0.996. The van der Waals surface area contributed by atoms with Crippen molar-refractivity contribution in [3.8, 4) is 0 Å². The van der Waals surface area contributed by atoms with Crippen molar-refractivity contribution >= 4 is 12.6 Å². The minimum absolute atomic E-state index is 0.141. The maximum atomic E-state index is 8.65. The number of aliphatic hydroxyl groups excluding tert-OH is 1. The lowest BCUT2D eigenvalue weighted by molar-refractivity contribution is -0.00780. The van der Waals surface area contributed by atoms with Crippen molar-refractivity contribution in [1.29, 1.82) is 0 Å². The van der Waals surface area contributed by atoms with Gasteiger partial charge in [-0.05, 0) is 38.0 Å². The Balaban J connectivity index is 2.02. The lowest BCUT2D eigenvalue weighted by Crippen LogP contribution is -2.37. The standard InChI is InChI=1S/C11H23NO2S/c13-8-9-14-11-3-6-12(7-4-11)5-1-2-10-15/h11,13,15H,1-10H2. The first-order valence-electron chi connectivity index (χ1n) is 5.92. The number of likely N-dealkylation sites (tertiary alicyclic amines) is 1. The molecule has 1 rings (SSSR count). The van der Waals surface area contributed by atoms with E-state index in [1.165, 1.54) is 19.4 Å². The Morgan fingerprint density at radius 2 is 2.00 bits per heavy atom. The molecule has 0 amide bonds. The fourth-order valence-corrected chi connectivity index (χ4v) is 2.19. The molecule has 0 spiro atoms. The molecule has 1 fully saturated rings. The van der Waals surface area contributed by atoms with Crippen molar-refractivity contribution in [3.05, 3.63) is 0 Å². The molecule has 0 saturated carbocycles. The first kappa shape index (κ1) is 13.3. The molecule has 0 bridgehead atoms. The number of unbranched alkanes of at least 4 members (excludes halogenated alkanes) is 1. The van der Waals surface area contributed by atoms with Gasteiger partial charge < -0.3 is 14.7 Å². The zero-order chi connectivity index (χ0) is 10.9. The number of thiol groups is 1. The number of rotatable bonds is 7. The molecule has 0 aromatic rings. The van der Waals surface area contributed by atoms with Crippen LogP contribution in [0.25, 0.3) is 0 Å². The number of hydrogen-bond donors (Lipinski definition) is 2. The molecule has 0 radical (unpaired) electrons. The second-order valence-corrected chi connectivity index (χ2v) is 4.51. The maximum absolute atomic E-state index is 8.65. The molecular formula is C11H23NO2S. The fraction of sp³-hybridized carbons (Fsp3) is 1.00. The highest BCUT2D eigenvalue weighted by Gasteiger charge is 2.18. The topological polar surface area (TPSA) is 32.7 Å². The second kappa shape index (κ2) is 8.39. The van der Waals surface area contributed by atoms with Crippen LogP contribution in [0.5, 0.6) is 0 Å². The van der Waals surface area contributed by atoms with E-state index in [4.69, 9.17) is 9.84 Å². The van der Waals surface area contributed by atoms with Crippen LogP contribution >= 0.6 is 12.6 Å². The van der Waals surface area contributed by atoms with Crippen LogP contribution in [0.15, 0.2) is 0 Å². The Morgan fingerprint density at radius 3 is 2.60 bits per heavy atom. The average Bonchev–Trinajstić information content (AvgIpc) is 2.28. The molecule has 1 N–H and O–H groups in total. The summed E-state index contributed by atoms with van der Waals surface area (Å²) in [6.07, 6.45) is 5.07. The van der Waals surface area contributed by atoms with Gasteiger partial charge in [0, 0.05) is 13.1 Å². The van der Waals surface area contributed by atoms with E-state index in [0.29, 0.717) is 12.7 Å². The van der Waals surface area contributed by atoms with Gasteiger partial charge in [-0.1, -0.05) is 0 Å². The smallest absolute Gasteiger partial charge is 0.0701 e. The maximum Gasteiger partial charge on any atom is 0.0701 e. The fourth-order valence-electron chi connectivity index (χ4n) is 1.97. The van der Waals surface area contributed by atoms with Gasteiger partial charge in [0.1, 0.15) is 0 Å². The highest BCUT2D eigenvalue weighted by Crippen LogP contribution is 2.14. The van der Waals surface area contributed by atoms with Gasteiger partial charge in [0.2, 0.25) is 0 Å². The molecule has 4 heteroatoms. The number of nitrogens with zero attached hydrogens (tertiary/aromatic N) is 1. The van der Waals surface area contributed by atoms with Crippen molar-refractivity contribution in [2.24, 2.45) is 0 Å². The quantitative estimate of drug-likeness (QED) is 0.511. The predicted octanol–water partition coefficient (Wildman–Crippen LogP) is 1.17. The molecule has 1 heterocycles. The third-order valence-electron chi connectivity index (χ3n) is 2.86. The molecule has 15 heavy (non-hydrogen) atoms. The summed E-state index contributed by atoms with van der Waals surface area (Å²) in [4.78, 5) is 2.50. The van der Waals surface area contributed by atoms with Crippen LogP contribution in [0.2, 0.25) is 0 Å². The number of piperidine rings is 1. The van der Waals surface area contributed by atoms with Crippen LogP contribution in [0.3, 0.4) is 0 Å². The minimum Gasteiger partial charge on any atom is -0.394 e. The van der Waals surface area contributed by atoms with Crippen molar-refractivity contribution in [3.63, 3.8) is 0 Å². The summed E-state index contributed by atoms with van der Waals surface area (Å²) in [6.45, 7) is 4.12. The Morgan fingerprint density at radius 1 is 1.27 bits per heavy atom. The van der Waals surface area contributed by atoms with Crippen LogP contribution in [-0.4, -0.2) is 54.7 Å². The molecule has 0 aliphatic carbocycles. The van der Waals surface area contributed by atoms with Crippen molar-refractivity contribution in [1.82, 2.24) is 4.90 Å². The van der Waals surface area contributed by atoms with Crippen molar-refractivity contribution in [2.45, 2.75) is 31.8 Å². The molecule has 1 saturated heterocycles. The van der Waals surface area contributed by atoms with Crippen LogP contribution in [-0.2, 0) is 4.74 Å². The van der Waals surface area contributed by atoms with E-state index in [-0.39, 0.29) is 6.61 Å². The van der Waals surface area contributed by atoms with Gasteiger partial charge >= 0.3 is 0 Å². The zero-order valence-electron chi connectivity index (χ0n) is 9.40.